The summed E-state index contributed by atoms with van der Waals surface area (Å²) in [5, 5.41) is 14.2. The Morgan fingerprint density at radius 1 is 1.53 bits per heavy atom. The van der Waals surface area contributed by atoms with Crippen molar-refractivity contribution < 1.29 is 9.72 Å². The molecule has 1 aromatic carbocycles. The Bertz CT molecular complexity index is 521. The van der Waals surface area contributed by atoms with E-state index in [-0.39, 0.29) is 16.8 Å². The van der Waals surface area contributed by atoms with Crippen LogP contribution in [0.15, 0.2) is 18.2 Å². The molecular formula is C13H15ClN2O3. The molecule has 1 aromatic rings. The van der Waals surface area contributed by atoms with Gasteiger partial charge in [0, 0.05) is 16.6 Å². The van der Waals surface area contributed by atoms with Crippen molar-refractivity contribution in [1.29, 1.82) is 0 Å². The topological polar surface area (TPSA) is 72.2 Å². The molecule has 0 aliphatic heterocycles. The zero-order chi connectivity index (χ0) is 14.0. The number of hydrogen-bond acceptors (Lipinski definition) is 3. The van der Waals surface area contributed by atoms with E-state index in [1.54, 1.807) is 0 Å². The second-order valence-corrected chi connectivity index (χ2v) is 5.30. The fraction of sp³-hybridized carbons (Fsp3) is 0.462. The van der Waals surface area contributed by atoms with Gasteiger partial charge in [-0.25, -0.2) is 0 Å². The van der Waals surface area contributed by atoms with Crippen molar-refractivity contribution in [3.63, 3.8) is 0 Å². The Morgan fingerprint density at radius 2 is 2.21 bits per heavy atom. The predicted octanol–water partition coefficient (Wildman–Crippen LogP) is 3.31. The number of nitrogens with one attached hydrogen (secondary N) is 1. The number of nitro benzene ring substituents is 1. The fourth-order valence-electron chi connectivity index (χ4n) is 2.33. The first-order chi connectivity index (χ1) is 8.97. The summed E-state index contributed by atoms with van der Waals surface area (Å²) < 4.78 is 0. The number of benzene rings is 1. The first kappa shape index (κ1) is 13.8. The molecule has 102 valence electrons. The standard InChI is InChI=1S/C13H15ClN2O3/c1-2-13(6-3-7-13)15-12(17)10-8-9(14)4-5-11(10)16(18)19/h4-5,8H,2-3,6-7H2,1H3,(H,15,17). The third-order valence-corrected chi connectivity index (χ3v) is 4.00. The zero-order valence-corrected chi connectivity index (χ0v) is 11.4. The van der Waals surface area contributed by atoms with Gasteiger partial charge in [-0.3, -0.25) is 14.9 Å². The van der Waals surface area contributed by atoms with E-state index in [1.807, 2.05) is 6.92 Å². The van der Waals surface area contributed by atoms with E-state index in [0.29, 0.717) is 5.02 Å². The molecule has 0 atom stereocenters. The van der Waals surface area contributed by atoms with Gasteiger partial charge in [0.05, 0.1) is 4.92 Å². The SMILES string of the molecule is CCC1(NC(=O)c2cc(Cl)ccc2[N+](=O)[O-])CCC1. The third kappa shape index (κ3) is 2.71. The number of nitro groups is 1. The molecule has 0 spiro atoms. The van der Waals surface area contributed by atoms with Crippen molar-refractivity contribution in [3.8, 4) is 0 Å². The van der Waals surface area contributed by atoms with Crippen molar-refractivity contribution in [2.24, 2.45) is 0 Å². The Balaban J connectivity index is 2.28. The van der Waals surface area contributed by atoms with Crippen LogP contribution in [-0.2, 0) is 0 Å². The number of hydrogen-bond donors (Lipinski definition) is 1. The van der Waals surface area contributed by atoms with E-state index >= 15 is 0 Å². The highest BCUT2D eigenvalue weighted by atomic mass is 35.5. The molecule has 1 saturated carbocycles. The summed E-state index contributed by atoms with van der Waals surface area (Å²) in [7, 11) is 0. The quantitative estimate of drug-likeness (QED) is 0.680. The highest BCUT2D eigenvalue weighted by molar-refractivity contribution is 6.31. The predicted molar refractivity (Wildman–Crippen MR) is 72.4 cm³/mol. The van der Waals surface area contributed by atoms with E-state index in [4.69, 9.17) is 11.6 Å². The Kier molecular flexibility index (Phi) is 3.75. The molecule has 2 rings (SSSR count). The molecule has 1 fully saturated rings. The molecule has 0 radical (unpaired) electrons. The molecule has 5 nitrogen and oxygen atoms in total. The Morgan fingerprint density at radius 3 is 2.68 bits per heavy atom. The Hall–Kier alpha value is -1.62. The second kappa shape index (κ2) is 5.17. The molecule has 0 saturated heterocycles. The minimum Gasteiger partial charge on any atom is -0.346 e. The molecule has 0 bridgehead atoms. The van der Waals surface area contributed by atoms with Crippen LogP contribution in [0.4, 0.5) is 5.69 Å². The van der Waals surface area contributed by atoms with E-state index in [0.717, 1.165) is 25.7 Å². The minimum absolute atomic E-state index is 0.0252. The number of halogens is 1. The summed E-state index contributed by atoms with van der Waals surface area (Å²) in [5.74, 6) is -0.421. The van der Waals surface area contributed by atoms with Gasteiger partial charge in [-0.1, -0.05) is 18.5 Å². The van der Waals surface area contributed by atoms with Gasteiger partial charge in [0.25, 0.3) is 11.6 Å². The van der Waals surface area contributed by atoms with E-state index < -0.39 is 10.8 Å². The van der Waals surface area contributed by atoms with Gasteiger partial charge >= 0.3 is 0 Å². The average molecular weight is 283 g/mol. The number of nitrogens with zero attached hydrogens (tertiary/aromatic N) is 1. The van der Waals surface area contributed by atoms with Gasteiger partial charge in [0.1, 0.15) is 5.56 Å². The molecule has 6 heteroatoms. The van der Waals surface area contributed by atoms with E-state index in [2.05, 4.69) is 5.32 Å². The summed E-state index contributed by atoms with van der Waals surface area (Å²) in [4.78, 5) is 22.6. The lowest BCUT2D eigenvalue weighted by Gasteiger charge is -2.41. The number of amides is 1. The summed E-state index contributed by atoms with van der Waals surface area (Å²) in [5.41, 5.74) is -0.391. The van der Waals surface area contributed by atoms with Crippen LogP contribution in [0.25, 0.3) is 0 Å². The van der Waals surface area contributed by atoms with Crippen LogP contribution in [0.2, 0.25) is 5.02 Å². The first-order valence-corrected chi connectivity index (χ1v) is 6.62. The lowest BCUT2D eigenvalue weighted by molar-refractivity contribution is -0.385. The molecule has 1 N–H and O–H groups in total. The molecule has 1 amide bonds. The van der Waals surface area contributed by atoms with Gasteiger partial charge in [0.15, 0.2) is 0 Å². The lowest BCUT2D eigenvalue weighted by atomic mass is 9.74. The summed E-state index contributed by atoms with van der Waals surface area (Å²) in [6, 6.07) is 4.02. The largest absolute Gasteiger partial charge is 0.346 e. The van der Waals surface area contributed by atoms with Crippen molar-refractivity contribution in [2.75, 3.05) is 0 Å². The van der Waals surface area contributed by atoms with Gasteiger partial charge < -0.3 is 5.32 Å². The van der Waals surface area contributed by atoms with Crippen molar-refractivity contribution >= 4 is 23.2 Å². The average Bonchev–Trinajstić information content (AvgIpc) is 2.33. The molecule has 0 heterocycles. The highest BCUT2D eigenvalue weighted by Gasteiger charge is 2.37. The monoisotopic (exact) mass is 282 g/mol. The Labute approximate surface area is 116 Å². The fourth-order valence-corrected chi connectivity index (χ4v) is 2.50. The number of carbonyl (C=O) groups is 1. The van der Waals surface area contributed by atoms with Crippen molar-refractivity contribution in [2.45, 2.75) is 38.1 Å². The smallest absolute Gasteiger partial charge is 0.282 e. The second-order valence-electron chi connectivity index (χ2n) is 4.86. The maximum atomic E-state index is 12.2. The molecule has 0 unspecified atom stereocenters. The van der Waals surface area contributed by atoms with Crippen LogP contribution < -0.4 is 5.32 Å². The third-order valence-electron chi connectivity index (χ3n) is 3.77. The lowest BCUT2D eigenvalue weighted by Crippen LogP contribution is -2.53. The normalized spacial score (nSPS) is 16.5. The van der Waals surface area contributed by atoms with Gasteiger partial charge in [-0.05, 0) is 37.8 Å². The van der Waals surface area contributed by atoms with Crippen LogP contribution in [0, 0.1) is 10.1 Å². The molecule has 19 heavy (non-hydrogen) atoms. The summed E-state index contributed by atoms with van der Waals surface area (Å²) >= 11 is 5.82. The maximum Gasteiger partial charge on any atom is 0.282 e. The van der Waals surface area contributed by atoms with Crippen molar-refractivity contribution in [1.82, 2.24) is 5.32 Å². The number of carbonyl (C=O) groups excluding carboxylic acids is 1. The van der Waals surface area contributed by atoms with Gasteiger partial charge in [-0.2, -0.15) is 0 Å². The van der Waals surface area contributed by atoms with Crippen LogP contribution in [0.5, 0.6) is 0 Å². The van der Waals surface area contributed by atoms with Crippen LogP contribution in [0.3, 0.4) is 0 Å². The van der Waals surface area contributed by atoms with E-state index in [1.165, 1.54) is 18.2 Å². The van der Waals surface area contributed by atoms with Gasteiger partial charge in [-0.15, -0.1) is 0 Å². The van der Waals surface area contributed by atoms with Crippen LogP contribution in [0.1, 0.15) is 43.0 Å². The van der Waals surface area contributed by atoms with Crippen LogP contribution in [-0.4, -0.2) is 16.4 Å². The minimum atomic E-state index is -0.565. The molecule has 0 aromatic heterocycles. The molecule has 1 aliphatic rings. The molecular weight excluding hydrogens is 268 g/mol. The zero-order valence-electron chi connectivity index (χ0n) is 10.6. The maximum absolute atomic E-state index is 12.2. The van der Waals surface area contributed by atoms with Crippen LogP contribution >= 0.6 is 11.6 Å². The number of rotatable bonds is 4. The first-order valence-electron chi connectivity index (χ1n) is 6.24. The molecule has 1 aliphatic carbocycles. The van der Waals surface area contributed by atoms with E-state index in [9.17, 15) is 14.9 Å². The summed E-state index contributed by atoms with van der Waals surface area (Å²) in [6.07, 6.45) is 3.74. The van der Waals surface area contributed by atoms with Gasteiger partial charge in [0.2, 0.25) is 0 Å². The van der Waals surface area contributed by atoms with Crippen molar-refractivity contribution in [3.05, 3.63) is 38.9 Å². The highest BCUT2D eigenvalue weighted by Crippen LogP contribution is 2.35. The summed E-state index contributed by atoms with van der Waals surface area (Å²) in [6.45, 7) is 2.01.